The van der Waals surface area contributed by atoms with E-state index in [9.17, 15) is 19.7 Å². The first kappa shape index (κ1) is 23.3. The molecule has 0 spiro atoms. The van der Waals surface area contributed by atoms with E-state index in [-0.39, 0.29) is 36.5 Å². The van der Waals surface area contributed by atoms with Crippen molar-refractivity contribution in [3.05, 3.63) is 88.7 Å². The number of hydrogen-bond acceptors (Lipinski definition) is 5. The van der Waals surface area contributed by atoms with Gasteiger partial charge in [0.05, 0.1) is 12.0 Å². The fourth-order valence-corrected chi connectivity index (χ4v) is 2.67. The highest BCUT2D eigenvalue weighted by Crippen LogP contribution is 2.16. The lowest BCUT2D eigenvalue weighted by atomic mass is 10.2. The molecule has 0 fully saturated rings. The molecule has 10 heteroatoms. The lowest BCUT2D eigenvalue weighted by Crippen LogP contribution is -3.00. The fraction of sp³-hybridized carbons (Fsp3) is 0.0952. The summed E-state index contributed by atoms with van der Waals surface area (Å²) in [6.07, 6.45) is 3.23. The van der Waals surface area contributed by atoms with Crippen LogP contribution in [-0.2, 0) is 11.3 Å². The van der Waals surface area contributed by atoms with Crippen LogP contribution in [0.4, 0.5) is 17.1 Å². The predicted molar refractivity (Wildman–Crippen MR) is 109 cm³/mol. The standard InChI is InChI=1S/C21H18N4O5.ClH/c1-30-19-10-6-17(7-11-19)23-21(27)15-3-2-12-24(13-15)14-20(26)22-16-4-8-18(9-5-16)25(28)29;/h2-13H,14H2,1H3,(H-,22,23,26,27);1H. The average Bonchev–Trinajstić information content (AvgIpc) is 2.74. The molecule has 9 nitrogen and oxygen atoms in total. The summed E-state index contributed by atoms with van der Waals surface area (Å²) < 4.78 is 6.66. The van der Waals surface area contributed by atoms with E-state index in [4.69, 9.17) is 4.74 Å². The van der Waals surface area contributed by atoms with Gasteiger partial charge in [-0.25, -0.2) is 0 Å². The molecule has 2 N–H and O–H groups in total. The molecule has 0 aliphatic rings. The molecule has 1 heterocycles. The summed E-state index contributed by atoms with van der Waals surface area (Å²) >= 11 is 0. The van der Waals surface area contributed by atoms with Crippen LogP contribution in [0.1, 0.15) is 10.4 Å². The Bertz CT molecular complexity index is 1070. The van der Waals surface area contributed by atoms with E-state index in [0.29, 0.717) is 22.7 Å². The largest absolute Gasteiger partial charge is 1.00 e. The lowest BCUT2D eigenvalue weighted by molar-refractivity contribution is -0.684. The normalized spacial score (nSPS) is 9.84. The number of carbonyl (C=O) groups is 2. The Morgan fingerprint density at radius 1 is 1.00 bits per heavy atom. The highest BCUT2D eigenvalue weighted by Gasteiger charge is 2.15. The number of nitro benzene ring substituents is 1. The number of benzene rings is 2. The van der Waals surface area contributed by atoms with Gasteiger partial charge in [-0.1, -0.05) is 0 Å². The molecule has 31 heavy (non-hydrogen) atoms. The van der Waals surface area contributed by atoms with E-state index in [1.165, 1.54) is 24.3 Å². The van der Waals surface area contributed by atoms with Crippen LogP contribution in [0.3, 0.4) is 0 Å². The van der Waals surface area contributed by atoms with E-state index in [2.05, 4.69) is 10.6 Å². The minimum atomic E-state index is -0.510. The third kappa shape index (κ3) is 6.51. The second kappa shape index (κ2) is 10.7. The third-order valence-electron chi connectivity index (χ3n) is 4.16. The van der Waals surface area contributed by atoms with Crippen molar-refractivity contribution in [1.29, 1.82) is 0 Å². The number of anilines is 2. The number of pyridine rings is 1. The molecule has 0 atom stereocenters. The van der Waals surface area contributed by atoms with Gasteiger partial charge < -0.3 is 27.8 Å². The molecular formula is C21H19ClN4O5. The minimum Gasteiger partial charge on any atom is -1.00 e. The highest BCUT2D eigenvalue weighted by atomic mass is 35.5. The fourth-order valence-electron chi connectivity index (χ4n) is 2.67. The van der Waals surface area contributed by atoms with Crippen LogP contribution in [-0.4, -0.2) is 23.8 Å². The van der Waals surface area contributed by atoms with Gasteiger partial charge in [0.1, 0.15) is 11.3 Å². The zero-order valence-electron chi connectivity index (χ0n) is 16.4. The van der Waals surface area contributed by atoms with E-state index in [1.54, 1.807) is 60.5 Å². The van der Waals surface area contributed by atoms with Crippen LogP contribution < -0.4 is 32.3 Å². The summed E-state index contributed by atoms with van der Waals surface area (Å²) in [7, 11) is 1.56. The number of halogens is 1. The predicted octanol–water partition coefficient (Wildman–Crippen LogP) is -0.214. The van der Waals surface area contributed by atoms with Crippen LogP contribution in [0.2, 0.25) is 0 Å². The molecule has 2 amide bonds. The van der Waals surface area contributed by atoms with Crippen LogP contribution in [0.25, 0.3) is 0 Å². The van der Waals surface area contributed by atoms with Crippen LogP contribution >= 0.6 is 0 Å². The number of carbonyl (C=O) groups excluding carboxylic acids is 2. The van der Waals surface area contributed by atoms with Gasteiger partial charge in [0.2, 0.25) is 6.54 Å². The minimum absolute atomic E-state index is 0. The number of amides is 2. The summed E-state index contributed by atoms with van der Waals surface area (Å²) in [6, 6.07) is 15.8. The number of non-ortho nitro benzene ring substituents is 1. The van der Waals surface area contributed by atoms with Crippen molar-refractivity contribution < 1.29 is 36.2 Å². The summed E-state index contributed by atoms with van der Waals surface area (Å²) in [4.78, 5) is 34.9. The zero-order chi connectivity index (χ0) is 21.5. The Morgan fingerprint density at radius 3 is 2.23 bits per heavy atom. The van der Waals surface area contributed by atoms with Crippen LogP contribution in [0.15, 0.2) is 73.1 Å². The van der Waals surface area contributed by atoms with Gasteiger partial charge in [-0.05, 0) is 42.5 Å². The molecule has 0 unspecified atom stereocenters. The Kier molecular flexibility index (Phi) is 8.04. The Morgan fingerprint density at radius 2 is 1.61 bits per heavy atom. The van der Waals surface area contributed by atoms with Crippen LogP contribution in [0.5, 0.6) is 5.75 Å². The first-order valence-electron chi connectivity index (χ1n) is 8.93. The van der Waals surface area contributed by atoms with E-state index < -0.39 is 4.92 Å². The second-order valence-corrected chi connectivity index (χ2v) is 6.30. The molecule has 2 aromatic carbocycles. The molecule has 160 valence electrons. The zero-order valence-corrected chi connectivity index (χ0v) is 17.2. The summed E-state index contributed by atoms with van der Waals surface area (Å²) in [5.74, 6) is 0.0384. The van der Waals surface area contributed by atoms with Gasteiger partial charge in [0.25, 0.3) is 17.5 Å². The number of nitrogens with one attached hydrogen (secondary N) is 2. The highest BCUT2D eigenvalue weighted by molar-refractivity contribution is 6.03. The maximum absolute atomic E-state index is 12.5. The van der Waals surface area contributed by atoms with Gasteiger partial charge in [-0.3, -0.25) is 19.7 Å². The molecule has 0 saturated heterocycles. The van der Waals surface area contributed by atoms with Crippen molar-refractivity contribution in [2.24, 2.45) is 0 Å². The maximum Gasteiger partial charge on any atom is 0.290 e. The molecule has 0 radical (unpaired) electrons. The number of hydrogen-bond donors (Lipinski definition) is 2. The van der Waals surface area contributed by atoms with E-state index in [1.807, 2.05) is 0 Å². The van der Waals surface area contributed by atoms with Gasteiger partial charge in [-0.2, -0.15) is 4.57 Å². The number of methoxy groups -OCH3 is 1. The second-order valence-electron chi connectivity index (χ2n) is 6.30. The molecular weight excluding hydrogens is 424 g/mol. The lowest BCUT2D eigenvalue weighted by Gasteiger charge is -2.06. The van der Waals surface area contributed by atoms with Gasteiger partial charge in [0.15, 0.2) is 12.4 Å². The molecule has 3 aromatic rings. The third-order valence-corrected chi connectivity index (χ3v) is 4.16. The average molecular weight is 443 g/mol. The molecule has 0 saturated carbocycles. The Labute approximate surface area is 184 Å². The van der Waals surface area contributed by atoms with Crippen molar-refractivity contribution in [2.45, 2.75) is 6.54 Å². The van der Waals surface area contributed by atoms with Crippen molar-refractivity contribution in [2.75, 3.05) is 17.7 Å². The van der Waals surface area contributed by atoms with Crippen molar-refractivity contribution in [1.82, 2.24) is 0 Å². The summed E-state index contributed by atoms with van der Waals surface area (Å²) in [5, 5.41) is 16.1. The quantitative estimate of drug-likeness (QED) is 0.298. The number of aromatic nitrogens is 1. The first-order valence-corrected chi connectivity index (χ1v) is 8.93. The monoisotopic (exact) mass is 442 g/mol. The summed E-state index contributed by atoms with van der Waals surface area (Å²) in [5.41, 5.74) is 1.39. The summed E-state index contributed by atoms with van der Waals surface area (Å²) in [6.45, 7) is -0.0271. The molecule has 0 bridgehead atoms. The Balaban J connectivity index is 0.00000341. The molecule has 0 aliphatic heterocycles. The van der Waals surface area contributed by atoms with E-state index in [0.717, 1.165) is 0 Å². The van der Waals surface area contributed by atoms with Crippen molar-refractivity contribution in [3.63, 3.8) is 0 Å². The van der Waals surface area contributed by atoms with Gasteiger partial charge in [-0.15, -0.1) is 0 Å². The van der Waals surface area contributed by atoms with E-state index >= 15 is 0 Å². The smallest absolute Gasteiger partial charge is 0.290 e. The SMILES string of the molecule is COc1ccc(NC(=O)c2ccc[n+](CC(=O)Nc3ccc([N+](=O)[O-])cc3)c2)cc1.[Cl-]. The number of nitro groups is 1. The topological polar surface area (TPSA) is 114 Å². The number of ether oxygens (including phenoxy) is 1. The first-order chi connectivity index (χ1) is 14.4. The molecule has 3 rings (SSSR count). The number of rotatable bonds is 7. The van der Waals surface area contributed by atoms with Gasteiger partial charge >= 0.3 is 0 Å². The van der Waals surface area contributed by atoms with Crippen molar-refractivity contribution in [3.8, 4) is 5.75 Å². The maximum atomic E-state index is 12.5. The molecule has 1 aromatic heterocycles. The van der Waals surface area contributed by atoms with Gasteiger partial charge in [0, 0.05) is 29.6 Å². The van der Waals surface area contributed by atoms with Crippen molar-refractivity contribution >= 4 is 28.9 Å². The van der Waals surface area contributed by atoms with Crippen LogP contribution in [0, 0.1) is 10.1 Å². The molecule has 0 aliphatic carbocycles. The Hall–Kier alpha value is -3.98. The number of nitrogens with zero attached hydrogens (tertiary/aromatic N) is 2.